The van der Waals surface area contributed by atoms with Crippen molar-refractivity contribution in [2.75, 3.05) is 20.7 Å². The van der Waals surface area contributed by atoms with Gasteiger partial charge < -0.3 is 25.2 Å². The van der Waals surface area contributed by atoms with E-state index in [4.69, 9.17) is 32.5 Å². The predicted molar refractivity (Wildman–Crippen MR) is 387 cm³/mol. The second-order valence-electron chi connectivity index (χ2n) is 21.5. The molecular formula is C70H55Cl2N17O7S4. The fourth-order valence-corrected chi connectivity index (χ4v) is 13.3. The first-order valence-electron chi connectivity index (χ1n) is 30.2. The molecule has 0 aliphatic rings. The summed E-state index contributed by atoms with van der Waals surface area (Å²) < 4.78 is 39.6. The van der Waals surface area contributed by atoms with Crippen LogP contribution >= 0.6 is 58.5 Å². The van der Waals surface area contributed by atoms with Crippen molar-refractivity contribution >= 4 is 131 Å². The van der Waals surface area contributed by atoms with Gasteiger partial charge in [0.25, 0.3) is 27.7 Å². The first-order valence-corrected chi connectivity index (χ1v) is 35.4. The molecule has 30 heteroatoms. The third-order valence-corrected chi connectivity index (χ3v) is 19.6. The standard InChI is InChI=1S/C26H21N5O2S.C22H15Cl2N7OS.C22H19N5O4S2/c32-25(30-21-9-11-22(12-10-21)33-15-18-5-2-1-3-6-18)20-8-4-7-19(13-20)16-34-26-23-14-29-31-24(23)27-17-28-26;23-18-19(24)31(12-27-18)16-6-4-15(5-7-16)29-21(32)14-3-1-2-13(8-14)10-33-22-17-9-28-30-20(17)25-11-26-22;1-15-11-20(26-31-15)27-33(29,30)19-7-5-18(6-8-19)25-22(28)17-4-2-3-16(12-17)14-32-21-13-23-9-10-24-21/h1-14,17H,15-16H2,(H,30,32)(H,27,28,29,31);1-9,11-12H,10H2,(H,29,32)(H,25,26,28,30);2-13H,14H2,1H3,(H,25,28)(H,26,27). The minimum atomic E-state index is -3.83. The third kappa shape index (κ3) is 18.5. The van der Waals surface area contributed by atoms with Gasteiger partial charge >= 0.3 is 0 Å². The number of aromatic amines is 2. The van der Waals surface area contributed by atoms with Gasteiger partial charge in [-0.3, -0.25) is 38.9 Å². The van der Waals surface area contributed by atoms with E-state index in [1.165, 1.54) is 54.7 Å². The molecule has 0 unspecified atom stereocenters. The molecule has 0 spiro atoms. The Bertz CT molecular complexity index is 5250. The Labute approximate surface area is 594 Å². The van der Waals surface area contributed by atoms with Gasteiger partial charge in [-0.1, -0.05) is 95.1 Å². The molecule has 0 fully saturated rings. The summed E-state index contributed by atoms with van der Waals surface area (Å²) in [6.45, 7) is 2.16. The maximum Gasteiger partial charge on any atom is 0.263 e. The first-order chi connectivity index (χ1) is 48.7. The number of halogens is 2. The number of nitrogens with one attached hydrogen (secondary N) is 6. The maximum atomic E-state index is 12.8. The number of ether oxygens (including phenoxy) is 1. The van der Waals surface area contributed by atoms with Crippen LogP contribution in [-0.4, -0.2) is 91.1 Å². The van der Waals surface area contributed by atoms with Crippen LogP contribution in [0.15, 0.2) is 256 Å². The van der Waals surface area contributed by atoms with Gasteiger partial charge in [0.1, 0.15) is 52.2 Å². The van der Waals surface area contributed by atoms with Crippen LogP contribution in [0.4, 0.5) is 22.9 Å². The summed E-state index contributed by atoms with van der Waals surface area (Å²) in [6.07, 6.45) is 12.9. The zero-order valence-electron chi connectivity index (χ0n) is 52.4. The number of hydrogen-bond acceptors (Lipinski definition) is 20. The van der Waals surface area contributed by atoms with Gasteiger partial charge in [-0.25, -0.2) is 38.3 Å². The van der Waals surface area contributed by atoms with E-state index in [0.29, 0.717) is 79.8 Å². The number of anilines is 4. The summed E-state index contributed by atoms with van der Waals surface area (Å²) in [7, 11) is -3.83. The number of aryl methyl sites for hydroxylation is 1. The van der Waals surface area contributed by atoms with Crippen LogP contribution in [0, 0.1) is 6.92 Å². The Kier molecular flexibility index (Phi) is 22.6. The Morgan fingerprint density at radius 1 is 0.550 bits per heavy atom. The lowest BCUT2D eigenvalue weighted by molar-refractivity contribution is 0.101. The van der Waals surface area contributed by atoms with Crippen LogP contribution < -0.4 is 25.4 Å². The highest BCUT2D eigenvalue weighted by Gasteiger charge is 2.19. The first kappa shape index (κ1) is 68.7. The number of imidazole rings is 1. The zero-order chi connectivity index (χ0) is 69.2. The number of benzene rings is 7. The van der Waals surface area contributed by atoms with E-state index in [1.807, 2.05) is 115 Å². The van der Waals surface area contributed by atoms with E-state index in [2.05, 4.69) is 81.1 Å². The fourth-order valence-electron chi connectivity index (χ4n) is 9.45. The van der Waals surface area contributed by atoms with E-state index >= 15 is 0 Å². The normalized spacial score (nSPS) is 11.0. The Morgan fingerprint density at radius 2 is 1.06 bits per heavy atom. The number of sulfonamides is 1. The molecule has 0 aliphatic heterocycles. The second kappa shape index (κ2) is 32.9. The number of nitrogens with zero attached hydrogens (tertiary/aromatic N) is 11. The summed E-state index contributed by atoms with van der Waals surface area (Å²) in [5, 5.41) is 30.8. The van der Waals surface area contributed by atoms with Crippen molar-refractivity contribution in [2.24, 2.45) is 0 Å². The molecule has 500 valence electrons. The highest BCUT2D eigenvalue weighted by Crippen LogP contribution is 2.31. The van der Waals surface area contributed by atoms with Crippen molar-refractivity contribution < 1.29 is 32.1 Å². The van der Waals surface area contributed by atoms with Crippen LogP contribution in [0.2, 0.25) is 10.3 Å². The molecule has 0 saturated carbocycles. The minimum absolute atomic E-state index is 0.0317. The molecule has 3 amide bonds. The average Bonchev–Trinajstić information content (AvgIpc) is 1.89. The molecule has 24 nitrogen and oxygen atoms in total. The number of aromatic nitrogens is 13. The number of carbonyl (C=O) groups is 3. The number of carbonyl (C=O) groups excluding carboxylic acids is 3. The SMILES string of the molecule is Cc1cc(NS(=O)(=O)c2ccc(NC(=O)c3cccc(CSc4cnccn4)c3)cc2)no1.O=C(Nc1ccc(-n2cnc(Cl)c2Cl)cc1)c1cccc(CSc2ncnc3[nH]ncc23)c1.O=C(Nc1ccc(OCc2ccccc2)cc1)c1cccc(CSc2ncnc3[nH]ncc23)c1. The number of fused-ring (bicyclic) bond motifs is 2. The molecule has 7 aromatic heterocycles. The molecule has 0 atom stereocenters. The molecular weight excluding hydrogens is 1390 g/mol. The van der Waals surface area contributed by atoms with E-state index < -0.39 is 10.0 Å². The molecule has 14 aromatic rings. The minimum Gasteiger partial charge on any atom is -0.489 e. The Hall–Kier alpha value is -11.3. The van der Waals surface area contributed by atoms with Crippen LogP contribution in [0.1, 0.15) is 59.1 Å². The summed E-state index contributed by atoms with van der Waals surface area (Å²) >= 11 is 16.7. The number of rotatable bonds is 22. The number of thioether (sulfide) groups is 3. The molecule has 7 aromatic carbocycles. The molecule has 0 bridgehead atoms. The molecule has 0 aliphatic carbocycles. The van der Waals surface area contributed by atoms with Gasteiger partial charge in [-0.05, 0) is 138 Å². The van der Waals surface area contributed by atoms with Crippen LogP contribution in [0.5, 0.6) is 5.75 Å². The van der Waals surface area contributed by atoms with E-state index in [-0.39, 0.29) is 33.6 Å². The smallest absolute Gasteiger partial charge is 0.263 e. The summed E-state index contributed by atoms with van der Waals surface area (Å²) in [5.74, 6) is 2.65. The van der Waals surface area contributed by atoms with E-state index in [9.17, 15) is 22.8 Å². The van der Waals surface area contributed by atoms with E-state index in [0.717, 1.165) is 59.5 Å². The van der Waals surface area contributed by atoms with Crippen molar-refractivity contribution in [1.82, 2.24) is 65.0 Å². The van der Waals surface area contributed by atoms with Crippen LogP contribution in [-0.2, 0) is 33.9 Å². The van der Waals surface area contributed by atoms with Gasteiger partial charge in [-0.15, -0.1) is 35.3 Å². The molecule has 14 rings (SSSR count). The second-order valence-corrected chi connectivity index (χ2v) is 26.8. The monoisotopic (exact) mass is 1440 g/mol. The number of H-pyrrole nitrogens is 2. The van der Waals surface area contributed by atoms with Crippen molar-refractivity contribution in [1.29, 1.82) is 0 Å². The molecule has 100 heavy (non-hydrogen) atoms. The van der Waals surface area contributed by atoms with Crippen molar-refractivity contribution in [3.63, 3.8) is 0 Å². The highest BCUT2D eigenvalue weighted by atomic mass is 35.5. The molecule has 0 radical (unpaired) electrons. The summed E-state index contributed by atoms with van der Waals surface area (Å²) in [6, 6.07) is 54.3. The van der Waals surface area contributed by atoms with Gasteiger partial charge in [0.2, 0.25) is 0 Å². The third-order valence-electron chi connectivity index (χ3n) is 14.4. The average molecular weight is 1450 g/mol. The Morgan fingerprint density at radius 3 is 1.55 bits per heavy atom. The summed E-state index contributed by atoms with van der Waals surface area (Å²) in [5.41, 5.74) is 9.79. The van der Waals surface area contributed by atoms with Crippen LogP contribution in [0.25, 0.3) is 27.8 Å². The topological polar surface area (TPSA) is 321 Å². The largest absolute Gasteiger partial charge is 0.489 e. The van der Waals surface area contributed by atoms with Crippen molar-refractivity contribution in [2.45, 2.75) is 50.8 Å². The Balaban J connectivity index is 0.000000142. The van der Waals surface area contributed by atoms with Crippen molar-refractivity contribution in [3.8, 4) is 11.4 Å². The lowest BCUT2D eigenvalue weighted by atomic mass is 10.1. The lowest BCUT2D eigenvalue weighted by Crippen LogP contribution is -2.14. The van der Waals surface area contributed by atoms with Gasteiger partial charge in [0, 0.05) is 75.2 Å². The highest BCUT2D eigenvalue weighted by molar-refractivity contribution is 7.99. The van der Waals surface area contributed by atoms with Crippen LogP contribution in [0.3, 0.4) is 0 Å². The number of hydrogen-bond donors (Lipinski definition) is 6. The van der Waals surface area contributed by atoms with Crippen molar-refractivity contribution in [3.05, 3.63) is 287 Å². The summed E-state index contributed by atoms with van der Waals surface area (Å²) in [4.78, 5) is 67.5. The van der Waals surface area contributed by atoms with Gasteiger partial charge in [-0.2, -0.15) is 10.2 Å². The molecule has 0 saturated heterocycles. The zero-order valence-corrected chi connectivity index (χ0v) is 57.2. The fraction of sp³-hybridized carbons (Fsp3) is 0.0714. The molecule has 7 heterocycles. The number of amides is 3. The molecule has 6 N–H and O–H groups in total. The van der Waals surface area contributed by atoms with E-state index in [1.54, 1.807) is 109 Å². The maximum absolute atomic E-state index is 12.8. The van der Waals surface area contributed by atoms with Gasteiger partial charge in [0.05, 0.1) is 34.3 Å². The van der Waals surface area contributed by atoms with Gasteiger partial charge in [0.15, 0.2) is 27.4 Å². The lowest BCUT2D eigenvalue weighted by Gasteiger charge is -2.09. The quantitative estimate of drug-likeness (QED) is 0.0271. The predicted octanol–water partition coefficient (Wildman–Crippen LogP) is 15.0.